The summed E-state index contributed by atoms with van der Waals surface area (Å²) in [4.78, 5) is 12.5. The second-order valence-corrected chi connectivity index (χ2v) is 7.56. The maximum atomic E-state index is 13.2. The monoisotopic (exact) mass is 430 g/mol. The molecule has 2 aromatic rings. The van der Waals surface area contributed by atoms with Crippen LogP contribution in [0.5, 0.6) is 5.75 Å². The van der Waals surface area contributed by atoms with Crippen molar-refractivity contribution < 1.29 is 56.2 Å². The second-order valence-electron chi connectivity index (χ2n) is 6.32. The van der Waals surface area contributed by atoms with Crippen LogP contribution in [0.2, 0.25) is 0 Å². The Kier molecular flexibility index (Phi) is 8.42. The number of alkyl halides is 6. The zero-order valence-electron chi connectivity index (χ0n) is 17.1. The maximum absolute atomic E-state index is 13.2. The van der Waals surface area contributed by atoms with Gasteiger partial charge in [0.05, 0.1) is 17.2 Å². The third-order valence-electron chi connectivity index (χ3n) is 3.72. The molecule has 1 atom stereocenters. The second kappa shape index (κ2) is 9.55. The van der Waals surface area contributed by atoms with Crippen molar-refractivity contribution >= 4 is 19.4 Å². The third-order valence-corrected chi connectivity index (χ3v) is 5.03. The van der Waals surface area contributed by atoms with Crippen molar-refractivity contribution in [1.82, 2.24) is 0 Å². The van der Waals surface area contributed by atoms with E-state index >= 15 is 0 Å². The SMILES string of the molecule is Cc1cc(OC(C)C)ccc1PC(=O)c1c(C(F)(F)F)cccc1C(F)(F)F.[H-].[Li+]. The number of hydrogen-bond donors (Lipinski definition) is 0. The van der Waals surface area contributed by atoms with Gasteiger partial charge in [-0.2, -0.15) is 26.3 Å². The van der Waals surface area contributed by atoms with Crippen LogP contribution >= 0.6 is 8.58 Å². The quantitative estimate of drug-likeness (QED) is 0.414. The normalized spacial score (nSPS) is 12.3. The number of hydrogen-bond acceptors (Lipinski definition) is 2. The van der Waals surface area contributed by atoms with Gasteiger partial charge >= 0.3 is 31.2 Å². The molecule has 0 aromatic heterocycles. The molecule has 0 aliphatic heterocycles. The Bertz CT molecular complexity index is 852. The molecule has 29 heavy (non-hydrogen) atoms. The molecule has 0 aliphatic carbocycles. The average Bonchev–Trinajstić information content (AvgIpc) is 2.54. The summed E-state index contributed by atoms with van der Waals surface area (Å²) in [6.45, 7) is 5.23. The van der Waals surface area contributed by atoms with Gasteiger partial charge in [0.1, 0.15) is 5.75 Å². The van der Waals surface area contributed by atoms with Gasteiger partial charge in [-0.25, -0.2) is 0 Å². The van der Waals surface area contributed by atoms with Gasteiger partial charge < -0.3 is 6.16 Å². The van der Waals surface area contributed by atoms with Crippen LogP contribution in [0, 0.1) is 6.92 Å². The first-order valence-corrected chi connectivity index (χ1v) is 9.16. The zero-order valence-corrected chi connectivity index (χ0v) is 17.1. The van der Waals surface area contributed by atoms with E-state index in [-0.39, 0.29) is 26.4 Å². The zero-order chi connectivity index (χ0) is 21.3. The Hall–Kier alpha value is -1.48. The van der Waals surface area contributed by atoms with Gasteiger partial charge in [0.25, 0.3) is 0 Å². The Balaban J connectivity index is 0.00000420. The number of ether oxygens (including phenoxy) is 1. The van der Waals surface area contributed by atoms with Crippen molar-refractivity contribution in [2.75, 3.05) is 0 Å². The largest absolute Gasteiger partial charge is 1.00 e. The Labute approximate surface area is 179 Å². The molecule has 0 bridgehead atoms. The topological polar surface area (TPSA) is 26.3 Å². The summed E-state index contributed by atoms with van der Waals surface area (Å²) in [5.41, 5.74) is -5.19. The number of aryl methyl sites for hydroxylation is 1. The minimum atomic E-state index is -5.08. The predicted octanol–water partition coefficient (Wildman–Crippen LogP) is 3.08. The smallest absolute Gasteiger partial charge is 1.00 e. The van der Waals surface area contributed by atoms with Crippen molar-refractivity contribution in [3.05, 3.63) is 58.7 Å². The van der Waals surface area contributed by atoms with Gasteiger partial charge in [0.15, 0.2) is 5.52 Å². The van der Waals surface area contributed by atoms with E-state index in [9.17, 15) is 31.1 Å². The predicted molar refractivity (Wildman–Crippen MR) is 96.8 cm³/mol. The molecule has 0 fully saturated rings. The van der Waals surface area contributed by atoms with Crippen molar-refractivity contribution in [2.24, 2.45) is 0 Å². The molecule has 0 amide bonds. The number of carbonyl (C=O) groups excluding carboxylic acids is 1. The van der Waals surface area contributed by atoms with Gasteiger partial charge in [-0.05, 0) is 64.5 Å². The van der Waals surface area contributed by atoms with E-state index in [1.54, 1.807) is 26.8 Å². The molecule has 2 rings (SSSR count). The molecule has 0 saturated carbocycles. The molecule has 0 heterocycles. The third kappa shape index (κ3) is 6.50. The molecule has 0 saturated heterocycles. The Morgan fingerprint density at radius 2 is 1.52 bits per heavy atom. The van der Waals surface area contributed by atoms with Crippen LogP contribution in [-0.2, 0) is 12.4 Å². The Morgan fingerprint density at radius 3 is 1.93 bits per heavy atom. The van der Waals surface area contributed by atoms with Crippen LogP contribution in [-0.4, -0.2) is 11.6 Å². The summed E-state index contributed by atoms with van der Waals surface area (Å²) in [7, 11) is -0.897. The van der Waals surface area contributed by atoms with Crippen LogP contribution in [0.15, 0.2) is 36.4 Å². The first kappa shape index (κ1) is 25.6. The molecule has 1 unspecified atom stereocenters. The number of halogens is 6. The van der Waals surface area contributed by atoms with Gasteiger partial charge in [0.2, 0.25) is 0 Å². The molecule has 2 nitrogen and oxygen atoms in total. The number of carbonyl (C=O) groups is 1. The fraction of sp³-hybridized carbons (Fsp3) is 0.316. The van der Waals surface area contributed by atoms with Crippen molar-refractivity contribution in [3.8, 4) is 5.75 Å². The van der Waals surface area contributed by atoms with Gasteiger partial charge in [0, 0.05) is 5.56 Å². The minimum Gasteiger partial charge on any atom is -1.00 e. The summed E-state index contributed by atoms with van der Waals surface area (Å²) in [6.07, 6.45) is -10.3. The molecule has 0 N–H and O–H groups in total. The summed E-state index contributed by atoms with van der Waals surface area (Å²) in [5, 5.41) is 0.353. The first-order chi connectivity index (χ1) is 12.8. The van der Waals surface area contributed by atoms with Crippen LogP contribution in [0.4, 0.5) is 26.3 Å². The van der Waals surface area contributed by atoms with E-state index in [4.69, 9.17) is 4.74 Å². The van der Waals surface area contributed by atoms with Crippen LogP contribution in [0.1, 0.15) is 42.3 Å². The Morgan fingerprint density at radius 1 is 1.00 bits per heavy atom. The molecule has 154 valence electrons. The number of benzene rings is 2. The molecule has 0 aliphatic rings. The average molecular weight is 430 g/mol. The fourth-order valence-corrected chi connectivity index (χ4v) is 3.65. The maximum Gasteiger partial charge on any atom is 1.00 e. The van der Waals surface area contributed by atoms with Crippen molar-refractivity contribution in [3.63, 3.8) is 0 Å². The van der Waals surface area contributed by atoms with Gasteiger partial charge in [-0.3, -0.25) is 4.79 Å². The molecule has 10 heteroatoms. The van der Waals surface area contributed by atoms with Crippen LogP contribution in [0.25, 0.3) is 0 Å². The molecular formula is C19H18F6LiO2P. The fourth-order valence-electron chi connectivity index (χ4n) is 2.58. The van der Waals surface area contributed by atoms with E-state index in [2.05, 4.69) is 0 Å². The van der Waals surface area contributed by atoms with Crippen molar-refractivity contribution in [1.29, 1.82) is 0 Å². The van der Waals surface area contributed by atoms with E-state index in [0.29, 0.717) is 34.8 Å². The standard InChI is InChI=1S/C19H17F6O2P.Li.H/c1-10(2)27-12-7-8-15(11(3)9-12)28-17(26)16-13(18(20,21)22)5-4-6-14(16)19(23,24)25;;/h4-10,28H,1-3H3;;/q;+1;-1. The summed E-state index contributed by atoms with van der Waals surface area (Å²) in [6, 6.07) is 6.22. The first-order valence-electron chi connectivity index (χ1n) is 8.16. The molecule has 0 radical (unpaired) electrons. The van der Waals surface area contributed by atoms with E-state index < -0.39 is 43.1 Å². The summed E-state index contributed by atoms with van der Waals surface area (Å²) in [5.74, 6) is 0.500. The molecule has 2 aromatic carbocycles. The van der Waals surface area contributed by atoms with E-state index in [0.717, 1.165) is 0 Å². The molecular weight excluding hydrogens is 412 g/mol. The van der Waals surface area contributed by atoms with Gasteiger partial charge in [-0.15, -0.1) is 0 Å². The minimum absolute atomic E-state index is 0. The van der Waals surface area contributed by atoms with E-state index in [1.807, 2.05) is 0 Å². The van der Waals surface area contributed by atoms with Crippen LogP contribution in [0.3, 0.4) is 0 Å². The summed E-state index contributed by atoms with van der Waals surface area (Å²) >= 11 is 0. The van der Waals surface area contributed by atoms with Crippen molar-refractivity contribution in [2.45, 2.75) is 39.2 Å². The van der Waals surface area contributed by atoms with E-state index in [1.165, 1.54) is 12.1 Å². The molecule has 0 spiro atoms. The van der Waals surface area contributed by atoms with Crippen LogP contribution < -0.4 is 28.9 Å². The summed E-state index contributed by atoms with van der Waals surface area (Å²) < 4.78 is 84.9. The van der Waals surface area contributed by atoms with Gasteiger partial charge in [-0.1, -0.05) is 12.1 Å². The number of rotatable bonds is 5.